The van der Waals surface area contributed by atoms with Gasteiger partial charge in [0.05, 0.1) is 13.2 Å². The van der Waals surface area contributed by atoms with Crippen LogP contribution in [0.3, 0.4) is 0 Å². The van der Waals surface area contributed by atoms with E-state index in [0.29, 0.717) is 10.8 Å². The van der Waals surface area contributed by atoms with Crippen molar-refractivity contribution in [3.63, 3.8) is 0 Å². The molecule has 6 nitrogen and oxygen atoms in total. The second-order valence-electron chi connectivity index (χ2n) is 7.99. The van der Waals surface area contributed by atoms with Crippen molar-refractivity contribution in [1.29, 1.82) is 0 Å². The quantitative estimate of drug-likeness (QED) is 0.577. The summed E-state index contributed by atoms with van der Waals surface area (Å²) in [4.78, 5) is 15.6. The van der Waals surface area contributed by atoms with Gasteiger partial charge in [-0.1, -0.05) is 36.4 Å². The summed E-state index contributed by atoms with van der Waals surface area (Å²) in [6.45, 7) is 1.92. The summed E-state index contributed by atoms with van der Waals surface area (Å²) in [5.74, 6) is 0.730. The zero-order chi connectivity index (χ0) is 22.3. The minimum atomic E-state index is -1.03. The zero-order valence-electron chi connectivity index (χ0n) is 17.7. The van der Waals surface area contributed by atoms with Crippen LogP contribution in [0.5, 0.6) is 11.5 Å². The number of thiocarbonyl (C=S) groups is 1. The summed E-state index contributed by atoms with van der Waals surface area (Å²) in [5.41, 5.74) is 1.42. The van der Waals surface area contributed by atoms with Gasteiger partial charge in [0.2, 0.25) is 5.91 Å². The van der Waals surface area contributed by atoms with Crippen LogP contribution in [0, 0.1) is 5.92 Å². The maximum Gasteiger partial charge on any atom is 0.236 e. The first kappa shape index (κ1) is 20.3. The Morgan fingerprint density at radius 1 is 1.06 bits per heavy atom. The molecular formula is C25H23N3O3S. The predicted molar refractivity (Wildman–Crippen MR) is 128 cm³/mol. The van der Waals surface area contributed by atoms with Crippen LogP contribution >= 0.6 is 12.2 Å². The van der Waals surface area contributed by atoms with Gasteiger partial charge in [-0.15, -0.1) is 0 Å². The topological polar surface area (TPSA) is 62.8 Å². The summed E-state index contributed by atoms with van der Waals surface area (Å²) < 4.78 is 11.8. The summed E-state index contributed by atoms with van der Waals surface area (Å²) in [6, 6.07) is 24.5. The molecule has 2 aliphatic heterocycles. The van der Waals surface area contributed by atoms with Crippen molar-refractivity contribution in [2.24, 2.45) is 5.92 Å². The zero-order valence-corrected chi connectivity index (χ0v) is 18.6. The number of hydrogen-bond acceptors (Lipinski definition) is 4. The molecule has 7 heteroatoms. The lowest BCUT2D eigenvalue weighted by Crippen LogP contribution is -2.72. The molecule has 3 aromatic rings. The highest BCUT2D eigenvalue weighted by Gasteiger charge is 2.59. The van der Waals surface area contributed by atoms with Gasteiger partial charge in [0.1, 0.15) is 17.4 Å². The first-order valence-corrected chi connectivity index (χ1v) is 10.8. The number of nitrogens with zero attached hydrogens (tertiary/aromatic N) is 1. The fraction of sp³-hybridized carbons (Fsp3) is 0.200. The lowest BCUT2D eigenvalue weighted by molar-refractivity contribution is -0.130. The Kier molecular flexibility index (Phi) is 4.98. The number of fused-ring (bicyclic) bond motifs is 4. The van der Waals surface area contributed by atoms with Crippen LogP contribution in [-0.4, -0.2) is 23.9 Å². The molecule has 2 N–H and O–H groups in total. The molecule has 1 fully saturated rings. The van der Waals surface area contributed by atoms with E-state index >= 15 is 0 Å². The maximum absolute atomic E-state index is 13.7. The summed E-state index contributed by atoms with van der Waals surface area (Å²) >= 11 is 5.75. The lowest BCUT2D eigenvalue weighted by atomic mass is 9.78. The third-order valence-corrected chi connectivity index (χ3v) is 6.36. The molecule has 0 spiro atoms. The van der Waals surface area contributed by atoms with Gasteiger partial charge in [-0.3, -0.25) is 9.69 Å². The van der Waals surface area contributed by atoms with Crippen molar-refractivity contribution in [2.75, 3.05) is 17.3 Å². The van der Waals surface area contributed by atoms with Crippen molar-refractivity contribution >= 4 is 34.6 Å². The molecule has 2 bridgehead atoms. The van der Waals surface area contributed by atoms with E-state index in [-0.39, 0.29) is 11.9 Å². The smallest absolute Gasteiger partial charge is 0.236 e. The molecule has 3 aromatic carbocycles. The number of anilines is 2. The number of benzene rings is 3. The van der Waals surface area contributed by atoms with Gasteiger partial charge in [-0.25, -0.2) is 0 Å². The molecule has 3 atom stereocenters. The first-order valence-electron chi connectivity index (χ1n) is 10.4. The van der Waals surface area contributed by atoms with Crippen molar-refractivity contribution < 1.29 is 14.3 Å². The lowest BCUT2D eigenvalue weighted by Gasteiger charge is -2.56. The second-order valence-corrected chi connectivity index (χ2v) is 8.37. The Bertz CT molecular complexity index is 1170. The number of rotatable bonds is 4. The highest BCUT2D eigenvalue weighted by Crippen LogP contribution is 2.49. The highest BCUT2D eigenvalue weighted by atomic mass is 32.1. The molecule has 2 heterocycles. The standard InChI is InChI=1S/C25H23N3O3S/c1-25-21(23(29)26-16-12-14-18(30-2)15-13-16)22(19-10-6-7-11-20(19)31-25)27-24(32)28(25)17-8-4-3-5-9-17/h3-15,21-22H,1-2H3,(H,26,29)(H,27,32)/t21-,22-,25-/m0/s1. The van der Waals surface area contributed by atoms with Crippen LogP contribution in [0.2, 0.25) is 0 Å². The average molecular weight is 446 g/mol. The molecule has 5 rings (SSSR count). The second kappa shape index (κ2) is 7.84. The van der Waals surface area contributed by atoms with Crippen molar-refractivity contribution in [3.8, 4) is 11.5 Å². The van der Waals surface area contributed by atoms with E-state index in [9.17, 15) is 4.79 Å². The third-order valence-electron chi connectivity index (χ3n) is 6.06. The molecule has 162 valence electrons. The van der Waals surface area contributed by atoms with E-state index in [4.69, 9.17) is 21.7 Å². The Morgan fingerprint density at radius 2 is 1.75 bits per heavy atom. The number of ether oxygens (including phenoxy) is 2. The molecule has 0 unspecified atom stereocenters. The van der Waals surface area contributed by atoms with E-state index in [1.165, 1.54) is 0 Å². The summed E-state index contributed by atoms with van der Waals surface area (Å²) in [5, 5.41) is 6.98. The molecule has 0 aliphatic carbocycles. The molecule has 0 saturated carbocycles. The van der Waals surface area contributed by atoms with Crippen LogP contribution < -0.4 is 25.0 Å². The van der Waals surface area contributed by atoms with Crippen LogP contribution in [-0.2, 0) is 4.79 Å². The van der Waals surface area contributed by atoms with Crippen LogP contribution in [0.15, 0.2) is 78.9 Å². The van der Waals surface area contributed by atoms with Gasteiger partial charge in [0, 0.05) is 16.9 Å². The van der Waals surface area contributed by atoms with Gasteiger partial charge >= 0.3 is 0 Å². The minimum absolute atomic E-state index is 0.159. The Balaban J connectivity index is 1.58. The normalized spacial score (nSPS) is 23.4. The van der Waals surface area contributed by atoms with Gasteiger partial charge in [0.25, 0.3) is 0 Å². The van der Waals surface area contributed by atoms with E-state index in [2.05, 4.69) is 10.6 Å². The summed E-state index contributed by atoms with van der Waals surface area (Å²) in [7, 11) is 1.61. The SMILES string of the molecule is COc1ccc(NC(=O)[C@@H]2[C@H]3NC(=S)N(c4ccccc4)[C@@]2(C)Oc2ccccc23)cc1. The average Bonchev–Trinajstić information content (AvgIpc) is 2.79. The van der Waals surface area contributed by atoms with Crippen LogP contribution in [0.1, 0.15) is 18.5 Å². The molecule has 0 radical (unpaired) electrons. The number of amides is 1. The Labute approximate surface area is 192 Å². The molecule has 2 aliphatic rings. The maximum atomic E-state index is 13.7. The largest absolute Gasteiger partial charge is 0.497 e. The van der Waals surface area contributed by atoms with Crippen LogP contribution in [0.4, 0.5) is 11.4 Å². The van der Waals surface area contributed by atoms with E-state index in [1.807, 2.05) is 90.7 Å². The number of hydrogen-bond donors (Lipinski definition) is 2. The van der Waals surface area contributed by atoms with Gasteiger partial charge in [0.15, 0.2) is 10.8 Å². The number of carbonyl (C=O) groups is 1. The predicted octanol–water partition coefficient (Wildman–Crippen LogP) is 4.49. The van der Waals surface area contributed by atoms with Crippen molar-refractivity contribution in [1.82, 2.24) is 5.32 Å². The van der Waals surface area contributed by atoms with E-state index in [0.717, 1.165) is 22.7 Å². The van der Waals surface area contributed by atoms with Crippen molar-refractivity contribution in [3.05, 3.63) is 84.4 Å². The number of nitrogens with one attached hydrogen (secondary N) is 2. The molecular weight excluding hydrogens is 422 g/mol. The monoisotopic (exact) mass is 445 g/mol. The highest BCUT2D eigenvalue weighted by molar-refractivity contribution is 7.80. The number of methoxy groups -OCH3 is 1. The van der Waals surface area contributed by atoms with Gasteiger partial charge in [-0.2, -0.15) is 0 Å². The fourth-order valence-electron chi connectivity index (χ4n) is 4.59. The number of carbonyl (C=O) groups excluding carboxylic acids is 1. The molecule has 1 amide bonds. The molecule has 0 aromatic heterocycles. The minimum Gasteiger partial charge on any atom is -0.497 e. The molecule has 1 saturated heterocycles. The van der Waals surface area contributed by atoms with Crippen LogP contribution in [0.25, 0.3) is 0 Å². The molecule has 32 heavy (non-hydrogen) atoms. The fourth-order valence-corrected chi connectivity index (χ4v) is 5.00. The van der Waals surface area contributed by atoms with E-state index in [1.54, 1.807) is 7.11 Å². The Hall–Kier alpha value is -3.58. The van der Waals surface area contributed by atoms with Crippen molar-refractivity contribution in [2.45, 2.75) is 18.7 Å². The van der Waals surface area contributed by atoms with Gasteiger partial charge < -0.3 is 20.1 Å². The van der Waals surface area contributed by atoms with Gasteiger partial charge in [-0.05, 0) is 61.6 Å². The Morgan fingerprint density at radius 3 is 2.47 bits per heavy atom. The van der Waals surface area contributed by atoms with E-state index < -0.39 is 11.6 Å². The first-order chi connectivity index (χ1) is 15.5. The third kappa shape index (κ3) is 3.26. The number of para-hydroxylation sites is 2. The summed E-state index contributed by atoms with van der Waals surface area (Å²) in [6.07, 6.45) is 0.